The van der Waals surface area contributed by atoms with Crippen molar-refractivity contribution >= 4 is 17.5 Å². The SMILES string of the molecule is O=C1[C@@H]2[C@H](C(=O)N1c1cccnc1)[C@@H]1C=C[C@@H]2C1. The van der Waals surface area contributed by atoms with E-state index in [2.05, 4.69) is 17.1 Å². The first-order valence-electron chi connectivity index (χ1n) is 6.23. The van der Waals surface area contributed by atoms with Crippen LogP contribution in [0.1, 0.15) is 6.42 Å². The lowest BCUT2D eigenvalue weighted by Crippen LogP contribution is -2.32. The van der Waals surface area contributed by atoms with Gasteiger partial charge in [0, 0.05) is 6.20 Å². The Morgan fingerprint density at radius 3 is 2.33 bits per heavy atom. The highest BCUT2D eigenvalue weighted by atomic mass is 16.2. The quantitative estimate of drug-likeness (QED) is 0.550. The molecule has 1 aliphatic heterocycles. The number of pyridine rings is 1. The molecule has 0 spiro atoms. The molecule has 2 fully saturated rings. The van der Waals surface area contributed by atoms with Crippen molar-refractivity contribution in [1.29, 1.82) is 0 Å². The molecule has 4 rings (SSSR count). The molecule has 1 saturated heterocycles. The van der Waals surface area contributed by atoms with Gasteiger partial charge in [0.25, 0.3) is 0 Å². The number of fused-ring (bicyclic) bond motifs is 5. The maximum atomic E-state index is 12.4. The molecular formula is C14H12N2O2. The second-order valence-corrected chi connectivity index (χ2v) is 5.22. The molecule has 1 saturated carbocycles. The van der Waals surface area contributed by atoms with Crippen LogP contribution in [0.15, 0.2) is 36.7 Å². The minimum atomic E-state index is -0.132. The zero-order valence-electron chi connectivity index (χ0n) is 9.69. The smallest absolute Gasteiger partial charge is 0.238 e. The molecule has 4 atom stereocenters. The monoisotopic (exact) mass is 240 g/mol. The van der Waals surface area contributed by atoms with E-state index in [1.165, 1.54) is 4.90 Å². The topological polar surface area (TPSA) is 50.3 Å². The van der Waals surface area contributed by atoms with Crippen molar-refractivity contribution in [2.45, 2.75) is 6.42 Å². The Morgan fingerprint density at radius 2 is 1.78 bits per heavy atom. The molecule has 2 heterocycles. The minimum Gasteiger partial charge on any atom is -0.274 e. The standard InChI is InChI=1S/C14H12N2O2/c17-13-11-8-3-4-9(6-8)12(11)14(18)16(13)10-2-1-5-15-7-10/h1-5,7-9,11-12H,6H2/t8-,9-,11-,12+/m1/s1. The molecule has 90 valence electrons. The fourth-order valence-corrected chi connectivity index (χ4v) is 3.64. The highest BCUT2D eigenvalue weighted by Crippen LogP contribution is 2.53. The number of hydrogen-bond acceptors (Lipinski definition) is 3. The van der Waals surface area contributed by atoms with E-state index in [4.69, 9.17) is 0 Å². The second kappa shape index (κ2) is 3.28. The van der Waals surface area contributed by atoms with Crippen LogP contribution >= 0.6 is 0 Å². The molecular weight excluding hydrogens is 228 g/mol. The Morgan fingerprint density at radius 1 is 1.11 bits per heavy atom. The first-order valence-corrected chi connectivity index (χ1v) is 6.23. The Hall–Kier alpha value is -1.97. The first kappa shape index (κ1) is 10.00. The van der Waals surface area contributed by atoms with Gasteiger partial charge in [-0.25, -0.2) is 4.90 Å². The average Bonchev–Trinajstić information content (AvgIpc) is 3.05. The average molecular weight is 240 g/mol. The van der Waals surface area contributed by atoms with Crippen LogP contribution in [0, 0.1) is 23.7 Å². The number of hydrogen-bond donors (Lipinski definition) is 0. The number of carbonyl (C=O) groups is 2. The molecule has 4 heteroatoms. The Bertz CT molecular complexity index is 536. The lowest BCUT2D eigenvalue weighted by Gasteiger charge is -2.16. The molecule has 3 aliphatic rings. The van der Waals surface area contributed by atoms with Crippen LogP contribution in [0.4, 0.5) is 5.69 Å². The van der Waals surface area contributed by atoms with E-state index in [1.807, 2.05) is 0 Å². The van der Waals surface area contributed by atoms with Gasteiger partial charge in [-0.3, -0.25) is 14.6 Å². The third kappa shape index (κ3) is 1.08. The molecule has 1 aromatic rings. The fourth-order valence-electron chi connectivity index (χ4n) is 3.64. The van der Waals surface area contributed by atoms with Gasteiger partial charge in [0.1, 0.15) is 0 Å². The molecule has 2 aliphatic carbocycles. The predicted molar refractivity (Wildman–Crippen MR) is 64.4 cm³/mol. The lowest BCUT2D eigenvalue weighted by atomic mass is 9.85. The van der Waals surface area contributed by atoms with Gasteiger partial charge in [-0.15, -0.1) is 0 Å². The summed E-state index contributed by atoms with van der Waals surface area (Å²) in [6.45, 7) is 0. The summed E-state index contributed by atoms with van der Waals surface area (Å²) in [5, 5.41) is 0. The van der Waals surface area contributed by atoms with E-state index < -0.39 is 0 Å². The van der Waals surface area contributed by atoms with Gasteiger partial charge in [-0.1, -0.05) is 12.2 Å². The van der Waals surface area contributed by atoms with Gasteiger partial charge in [0.2, 0.25) is 11.8 Å². The number of anilines is 1. The summed E-state index contributed by atoms with van der Waals surface area (Å²) in [6, 6.07) is 3.51. The highest BCUT2D eigenvalue weighted by Gasteiger charge is 2.59. The minimum absolute atomic E-state index is 0.0464. The maximum Gasteiger partial charge on any atom is 0.238 e. The third-order valence-corrected chi connectivity index (χ3v) is 4.37. The van der Waals surface area contributed by atoms with Crippen molar-refractivity contribution < 1.29 is 9.59 Å². The van der Waals surface area contributed by atoms with E-state index >= 15 is 0 Å². The number of imide groups is 1. The van der Waals surface area contributed by atoms with Crippen LogP contribution < -0.4 is 4.90 Å². The van der Waals surface area contributed by atoms with Crippen molar-refractivity contribution in [3.8, 4) is 0 Å². The first-order chi connectivity index (χ1) is 8.77. The Labute approximate surface area is 104 Å². The number of allylic oxidation sites excluding steroid dienone is 2. The zero-order valence-corrected chi connectivity index (χ0v) is 9.69. The van der Waals surface area contributed by atoms with Gasteiger partial charge in [-0.05, 0) is 30.4 Å². The number of rotatable bonds is 1. The fraction of sp³-hybridized carbons (Fsp3) is 0.357. The number of amides is 2. The molecule has 0 unspecified atom stereocenters. The summed E-state index contributed by atoms with van der Waals surface area (Å²) in [6.07, 6.45) is 8.38. The molecule has 2 amide bonds. The largest absolute Gasteiger partial charge is 0.274 e. The Kier molecular flexibility index (Phi) is 1.82. The molecule has 0 aromatic carbocycles. The van der Waals surface area contributed by atoms with Gasteiger partial charge in [0.15, 0.2) is 0 Å². The van der Waals surface area contributed by atoms with E-state index in [-0.39, 0.29) is 35.5 Å². The van der Waals surface area contributed by atoms with Crippen molar-refractivity contribution in [3.63, 3.8) is 0 Å². The van der Waals surface area contributed by atoms with E-state index in [9.17, 15) is 9.59 Å². The van der Waals surface area contributed by atoms with Gasteiger partial charge < -0.3 is 0 Å². The van der Waals surface area contributed by atoms with Gasteiger partial charge in [0.05, 0.1) is 23.7 Å². The maximum absolute atomic E-state index is 12.4. The van der Waals surface area contributed by atoms with Gasteiger partial charge >= 0.3 is 0 Å². The summed E-state index contributed by atoms with van der Waals surface area (Å²) in [5.74, 6) is 0.168. The molecule has 4 nitrogen and oxygen atoms in total. The molecule has 0 radical (unpaired) electrons. The Balaban J connectivity index is 1.77. The van der Waals surface area contributed by atoms with Crippen molar-refractivity contribution in [3.05, 3.63) is 36.7 Å². The summed E-state index contributed by atoms with van der Waals surface area (Å²) in [5.41, 5.74) is 0.598. The van der Waals surface area contributed by atoms with Crippen LogP contribution in [0.5, 0.6) is 0 Å². The van der Waals surface area contributed by atoms with Crippen molar-refractivity contribution in [2.75, 3.05) is 4.90 Å². The molecule has 2 bridgehead atoms. The van der Waals surface area contributed by atoms with Crippen LogP contribution in [-0.2, 0) is 9.59 Å². The summed E-state index contributed by atoms with van der Waals surface area (Å²) in [7, 11) is 0. The lowest BCUT2D eigenvalue weighted by molar-refractivity contribution is -0.123. The normalized spacial score (nSPS) is 36.6. The van der Waals surface area contributed by atoms with E-state index in [1.54, 1.807) is 24.5 Å². The van der Waals surface area contributed by atoms with Crippen LogP contribution in [-0.4, -0.2) is 16.8 Å². The second-order valence-electron chi connectivity index (χ2n) is 5.22. The highest BCUT2D eigenvalue weighted by molar-refractivity contribution is 6.22. The van der Waals surface area contributed by atoms with Gasteiger partial charge in [-0.2, -0.15) is 0 Å². The van der Waals surface area contributed by atoms with Crippen molar-refractivity contribution in [1.82, 2.24) is 4.98 Å². The van der Waals surface area contributed by atoms with Crippen LogP contribution in [0.25, 0.3) is 0 Å². The van der Waals surface area contributed by atoms with Crippen LogP contribution in [0.2, 0.25) is 0 Å². The van der Waals surface area contributed by atoms with E-state index in [0.717, 1.165) is 6.42 Å². The molecule has 1 aromatic heterocycles. The van der Waals surface area contributed by atoms with Crippen molar-refractivity contribution in [2.24, 2.45) is 23.7 Å². The molecule has 18 heavy (non-hydrogen) atoms. The summed E-state index contributed by atoms with van der Waals surface area (Å²) in [4.78, 5) is 30.2. The summed E-state index contributed by atoms with van der Waals surface area (Å²) >= 11 is 0. The number of nitrogens with zero attached hydrogens (tertiary/aromatic N) is 2. The van der Waals surface area contributed by atoms with E-state index in [0.29, 0.717) is 5.69 Å². The third-order valence-electron chi connectivity index (χ3n) is 4.37. The van der Waals surface area contributed by atoms with Crippen LogP contribution in [0.3, 0.4) is 0 Å². The number of carbonyl (C=O) groups excluding carboxylic acids is 2. The number of aromatic nitrogens is 1. The predicted octanol–water partition coefficient (Wildman–Crippen LogP) is 1.39. The molecule has 0 N–H and O–H groups in total. The summed E-state index contributed by atoms with van der Waals surface area (Å²) < 4.78 is 0. The zero-order chi connectivity index (χ0) is 12.3.